The first-order valence-corrected chi connectivity index (χ1v) is 15.6. The van der Waals surface area contributed by atoms with Gasteiger partial charge in [0, 0.05) is 37.9 Å². The molecule has 0 radical (unpaired) electrons. The summed E-state index contributed by atoms with van der Waals surface area (Å²) in [6, 6.07) is 8.07. The van der Waals surface area contributed by atoms with Gasteiger partial charge in [-0.05, 0) is 72.3 Å². The van der Waals surface area contributed by atoms with Crippen molar-refractivity contribution >= 4 is 22.5 Å². The second kappa shape index (κ2) is 11.9. The van der Waals surface area contributed by atoms with E-state index in [0.29, 0.717) is 64.6 Å². The summed E-state index contributed by atoms with van der Waals surface area (Å²) in [6.45, 7) is 7.37. The van der Waals surface area contributed by atoms with Crippen LogP contribution in [0, 0.1) is 29.0 Å². The number of ether oxygens (including phenoxy) is 1. The van der Waals surface area contributed by atoms with Crippen molar-refractivity contribution in [2.75, 3.05) is 32.1 Å². The van der Waals surface area contributed by atoms with Crippen LogP contribution in [-0.2, 0) is 13.0 Å². The van der Waals surface area contributed by atoms with Crippen LogP contribution in [0.5, 0.6) is 5.75 Å². The number of nitrogens with one attached hydrogen (secondary N) is 2. The molecule has 1 aromatic heterocycles. The predicted octanol–water partition coefficient (Wildman–Crippen LogP) is 5.46. The molecule has 12 heteroatoms. The van der Waals surface area contributed by atoms with Gasteiger partial charge in [0.1, 0.15) is 17.6 Å². The highest BCUT2D eigenvalue weighted by atomic mass is 19.4. The van der Waals surface area contributed by atoms with Crippen molar-refractivity contribution in [3.8, 4) is 5.75 Å². The van der Waals surface area contributed by atoms with E-state index in [1.54, 1.807) is 35.2 Å². The molecule has 3 aromatic rings. The van der Waals surface area contributed by atoms with Gasteiger partial charge in [-0.1, -0.05) is 26.8 Å². The number of alkyl halides is 3. The molecular weight excluding hydrogens is 588 g/mol. The Hall–Kier alpha value is -3.67. The average Bonchev–Trinajstić information content (AvgIpc) is 3.01. The standard InChI is InChI=1S/C33H40F4N6O2/c1-19-25-13-21(32(25,2)3)14-27(19)41-31(42-12-10-38-29(17-42)33(35,36)37)40-22-6-8-24-28(15-22)39-18-43(30(24)44)11-9-20-5-7-23(45-4)16-26(20)34/h5-8,15-16,18-19,21,25,27,29,38H,9-14,17H2,1-4H3,(H,40,41)/t19-,21+,25-,27?,29+/m0/s1. The van der Waals surface area contributed by atoms with E-state index in [1.807, 2.05) is 0 Å². The van der Waals surface area contributed by atoms with Gasteiger partial charge in [0.2, 0.25) is 0 Å². The minimum Gasteiger partial charge on any atom is -0.497 e. The van der Waals surface area contributed by atoms with E-state index >= 15 is 0 Å². The number of rotatable bonds is 6. The summed E-state index contributed by atoms with van der Waals surface area (Å²) in [5.74, 6) is 1.82. The summed E-state index contributed by atoms with van der Waals surface area (Å²) in [4.78, 5) is 24.5. The molecule has 4 aliphatic rings. The maximum Gasteiger partial charge on any atom is 0.405 e. The Morgan fingerprint density at radius 1 is 1.20 bits per heavy atom. The van der Waals surface area contributed by atoms with Gasteiger partial charge in [0.15, 0.2) is 5.96 Å². The number of aromatic nitrogens is 2. The quantitative estimate of drug-likeness (QED) is 0.214. The number of benzene rings is 2. The second-order valence-electron chi connectivity index (χ2n) is 13.3. The van der Waals surface area contributed by atoms with Crippen LogP contribution in [0.1, 0.15) is 39.2 Å². The number of aryl methyl sites for hydroxylation is 2. The molecule has 3 aliphatic carbocycles. The molecule has 1 aliphatic heterocycles. The number of fused-ring (bicyclic) bond motifs is 3. The van der Waals surface area contributed by atoms with Gasteiger partial charge < -0.3 is 20.3 Å². The maximum absolute atomic E-state index is 14.4. The average molecular weight is 629 g/mol. The number of nitrogens with zero attached hydrogens (tertiary/aromatic N) is 4. The highest BCUT2D eigenvalue weighted by Gasteiger charge is 2.56. The lowest BCUT2D eigenvalue weighted by atomic mass is 9.45. The summed E-state index contributed by atoms with van der Waals surface area (Å²) in [5.41, 5.74) is 1.49. The predicted molar refractivity (Wildman–Crippen MR) is 166 cm³/mol. The van der Waals surface area contributed by atoms with Crippen molar-refractivity contribution in [3.63, 3.8) is 0 Å². The van der Waals surface area contributed by atoms with E-state index in [1.165, 1.54) is 30.5 Å². The third-order valence-electron chi connectivity index (χ3n) is 10.4. The zero-order valence-corrected chi connectivity index (χ0v) is 26.0. The van der Waals surface area contributed by atoms with Crippen molar-refractivity contribution in [1.82, 2.24) is 19.8 Å². The lowest BCUT2D eigenvalue weighted by molar-refractivity contribution is -0.161. The number of aliphatic imine (C=N–C) groups is 1. The Morgan fingerprint density at radius 2 is 2.00 bits per heavy atom. The molecule has 45 heavy (non-hydrogen) atoms. The Morgan fingerprint density at radius 3 is 2.69 bits per heavy atom. The Bertz CT molecular complexity index is 1650. The van der Waals surface area contributed by atoms with Crippen LogP contribution < -0.4 is 20.9 Å². The normalized spacial score (nSPS) is 26.4. The minimum atomic E-state index is -4.38. The summed E-state index contributed by atoms with van der Waals surface area (Å²) in [5, 5.41) is 6.28. The van der Waals surface area contributed by atoms with Crippen LogP contribution in [-0.4, -0.2) is 65.4 Å². The van der Waals surface area contributed by atoms with Gasteiger partial charge in [-0.3, -0.25) is 9.36 Å². The first kappa shape index (κ1) is 31.3. The highest BCUT2D eigenvalue weighted by molar-refractivity contribution is 5.96. The van der Waals surface area contributed by atoms with Crippen LogP contribution in [0.15, 0.2) is 52.5 Å². The Kier molecular flexibility index (Phi) is 8.30. The molecule has 4 fully saturated rings. The lowest BCUT2D eigenvalue weighted by Gasteiger charge is -2.61. The third kappa shape index (κ3) is 6.13. The van der Waals surface area contributed by atoms with E-state index in [2.05, 4.69) is 36.4 Å². The van der Waals surface area contributed by atoms with E-state index in [0.717, 1.165) is 6.42 Å². The lowest BCUT2D eigenvalue weighted by Crippen LogP contribution is -2.60. The maximum atomic E-state index is 14.4. The molecular formula is C33H40F4N6O2. The zero-order valence-electron chi connectivity index (χ0n) is 26.0. The smallest absolute Gasteiger partial charge is 0.405 e. The van der Waals surface area contributed by atoms with E-state index in [-0.39, 0.29) is 36.7 Å². The molecule has 2 aromatic carbocycles. The molecule has 7 rings (SSSR count). The van der Waals surface area contributed by atoms with Crippen LogP contribution in [0.3, 0.4) is 0 Å². The summed E-state index contributed by atoms with van der Waals surface area (Å²) < 4.78 is 62.0. The largest absolute Gasteiger partial charge is 0.497 e. The van der Waals surface area contributed by atoms with Crippen LogP contribution >= 0.6 is 0 Å². The SMILES string of the molecule is COc1ccc(CCn2cnc3cc(NC(=NC4C[C@H]5C[C@@H]([C@@H]4C)C5(C)C)N4CCN[C@@H](C(F)(F)F)C4)ccc3c2=O)c(F)c1. The summed E-state index contributed by atoms with van der Waals surface area (Å²) in [7, 11) is 1.47. The number of anilines is 1. The fourth-order valence-electron chi connectivity index (χ4n) is 7.43. The topological polar surface area (TPSA) is 83.8 Å². The molecule has 2 bridgehead atoms. The van der Waals surface area contributed by atoms with Crippen molar-refractivity contribution in [2.45, 2.75) is 64.8 Å². The second-order valence-corrected chi connectivity index (χ2v) is 13.3. The van der Waals surface area contributed by atoms with Gasteiger partial charge in [0.05, 0.1) is 30.4 Å². The molecule has 2 N–H and O–H groups in total. The molecule has 1 saturated heterocycles. The Labute approximate surface area is 259 Å². The molecule has 0 spiro atoms. The minimum absolute atomic E-state index is 0.00446. The zero-order chi connectivity index (χ0) is 32.1. The van der Waals surface area contributed by atoms with Crippen LogP contribution in [0.4, 0.5) is 23.2 Å². The van der Waals surface area contributed by atoms with Crippen molar-refractivity contribution in [1.29, 1.82) is 0 Å². The van der Waals surface area contributed by atoms with Gasteiger partial charge in [-0.2, -0.15) is 13.2 Å². The molecule has 3 saturated carbocycles. The van der Waals surface area contributed by atoms with E-state index in [9.17, 15) is 22.4 Å². The van der Waals surface area contributed by atoms with Gasteiger partial charge in [0.25, 0.3) is 5.56 Å². The molecule has 5 atom stereocenters. The van der Waals surface area contributed by atoms with Gasteiger partial charge in [-0.15, -0.1) is 0 Å². The van der Waals surface area contributed by atoms with Gasteiger partial charge in [-0.25, -0.2) is 14.4 Å². The number of piperazine rings is 1. The third-order valence-corrected chi connectivity index (χ3v) is 10.4. The fraction of sp³-hybridized carbons (Fsp3) is 0.545. The van der Waals surface area contributed by atoms with Crippen LogP contribution in [0.2, 0.25) is 0 Å². The summed E-state index contributed by atoms with van der Waals surface area (Å²) in [6.07, 6.45) is -0.559. The molecule has 0 amide bonds. The number of halogens is 4. The number of hydrogen-bond donors (Lipinski definition) is 2. The molecule has 1 unspecified atom stereocenters. The highest BCUT2D eigenvalue weighted by Crippen LogP contribution is 2.61. The Balaban J connectivity index is 1.24. The number of methoxy groups -OCH3 is 1. The first-order chi connectivity index (χ1) is 21.3. The molecule has 242 valence electrons. The van der Waals surface area contributed by atoms with Crippen molar-refractivity contribution in [2.24, 2.45) is 28.2 Å². The van der Waals surface area contributed by atoms with Crippen molar-refractivity contribution < 1.29 is 22.3 Å². The monoisotopic (exact) mass is 628 g/mol. The van der Waals surface area contributed by atoms with Crippen molar-refractivity contribution in [3.05, 3.63) is 64.5 Å². The van der Waals surface area contributed by atoms with E-state index < -0.39 is 18.0 Å². The van der Waals surface area contributed by atoms with Crippen LogP contribution in [0.25, 0.3) is 10.9 Å². The molecule has 2 heterocycles. The van der Waals surface area contributed by atoms with Gasteiger partial charge >= 0.3 is 6.18 Å². The summed E-state index contributed by atoms with van der Waals surface area (Å²) >= 11 is 0. The number of hydrogen-bond acceptors (Lipinski definition) is 5. The fourth-order valence-corrected chi connectivity index (χ4v) is 7.43. The molecule has 8 nitrogen and oxygen atoms in total. The van der Waals surface area contributed by atoms with E-state index in [4.69, 9.17) is 9.73 Å². The number of guanidine groups is 1. The first-order valence-electron chi connectivity index (χ1n) is 15.6.